The molecule has 11 heavy (non-hydrogen) atoms. The Bertz CT molecular complexity index is 337. The van der Waals surface area contributed by atoms with Crippen molar-refractivity contribution in [1.82, 2.24) is 20.0 Å². The SMILES string of the molecule is Nc1cnn(-c2ncco2)n1. The Labute approximate surface area is 61.6 Å². The molecule has 6 heteroatoms. The molecule has 0 saturated heterocycles. The number of rotatable bonds is 1. The van der Waals surface area contributed by atoms with E-state index < -0.39 is 0 Å². The van der Waals surface area contributed by atoms with Gasteiger partial charge in [-0.3, -0.25) is 0 Å². The van der Waals surface area contributed by atoms with E-state index in [0.717, 1.165) is 0 Å². The zero-order chi connectivity index (χ0) is 7.68. The summed E-state index contributed by atoms with van der Waals surface area (Å²) in [6, 6.07) is 0.307. The van der Waals surface area contributed by atoms with Crippen LogP contribution < -0.4 is 5.73 Å². The number of nitrogens with zero attached hydrogens (tertiary/aromatic N) is 4. The van der Waals surface area contributed by atoms with E-state index in [9.17, 15) is 0 Å². The number of nitrogens with two attached hydrogens (primary N) is 1. The lowest BCUT2D eigenvalue weighted by Crippen LogP contribution is -1.98. The van der Waals surface area contributed by atoms with Gasteiger partial charge in [0.15, 0.2) is 5.82 Å². The van der Waals surface area contributed by atoms with E-state index >= 15 is 0 Å². The largest absolute Gasteiger partial charge is 0.430 e. The zero-order valence-electron chi connectivity index (χ0n) is 5.51. The number of anilines is 1. The first-order valence-electron chi connectivity index (χ1n) is 2.94. The molecule has 0 saturated carbocycles. The molecule has 0 radical (unpaired) electrons. The first kappa shape index (κ1) is 5.90. The van der Waals surface area contributed by atoms with Crippen molar-refractivity contribution in [3.05, 3.63) is 18.7 Å². The number of oxazole rings is 1. The van der Waals surface area contributed by atoms with Gasteiger partial charge in [-0.05, 0) is 0 Å². The van der Waals surface area contributed by atoms with Gasteiger partial charge in [0, 0.05) is 0 Å². The minimum atomic E-state index is 0.307. The van der Waals surface area contributed by atoms with Crippen molar-refractivity contribution in [3.8, 4) is 6.01 Å². The summed E-state index contributed by atoms with van der Waals surface area (Å²) in [4.78, 5) is 5.03. The molecular formula is C5H5N5O. The standard InChI is InChI=1S/C5H5N5O/c6-4-3-8-10(9-4)5-7-1-2-11-5/h1-3H,(H2,6,9). The van der Waals surface area contributed by atoms with E-state index in [1.165, 1.54) is 23.5 Å². The number of nitrogen functional groups attached to an aromatic ring is 1. The minimum Gasteiger partial charge on any atom is -0.430 e. The van der Waals surface area contributed by atoms with Gasteiger partial charge in [0.2, 0.25) is 0 Å². The Morgan fingerprint density at radius 1 is 1.55 bits per heavy atom. The fraction of sp³-hybridized carbons (Fsp3) is 0. The average molecular weight is 151 g/mol. The molecule has 0 unspecified atom stereocenters. The molecule has 0 atom stereocenters. The lowest BCUT2D eigenvalue weighted by atomic mass is 10.8. The van der Waals surface area contributed by atoms with E-state index in [-0.39, 0.29) is 0 Å². The monoisotopic (exact) mass is 151 g/mol. The molecule has 0 bridgehead atoms. The van der Waals surface area contributed by atoms with Gasteiger partial charge in [0.25, 0.3) is 0 Å². The molecule has 2 aromatic heterocycles. The van der Waals surface area contributed by atoms with Gasteiger partial charge in [0.1, 0.15) is 6.26 Å². The molecule has 6 nitrogen and oxygen atoms in total. The van der Waals surface area contributed by atoms with Crippen LogP contribution in [0, 0.1) is 0 Å². The van der Waals surface area contributed by atoms with Crippen molar-refractivity contribution in [2.75, 3.05) is 5.73 Å². The maximum Gasteiger partial charge on any atom is 0.340 e. The average Bonchev–Trinajstić information content (AvgIpc) is 2.55. The fourth-order valence-corrected chi connectivity index (χ4v) is 0.682. The number of aromatic nitrogens is 4. The van der Waals surface area contributed by atoms with Gasteiger partial charge in [-0.25, -0.2) is 0 Å². The Morgan fingerprint density at radius 3 is 3.00 bits per heavy atom. The molecule has 2 rings (SSSR count). The van der Waals surface area contributed by atoms with Crippen LogP contribution >= 0.6 is 0 Å². The van der Waals surface area contributed by atoms with Gasteiger partial charge in [-0.15, -0.1) is 5.10 Å². The third-order valence-electron chi connectivity index (χ3n) is 1.10. The summed E-state index contributed by atoms with van der Waals surface area (Å²) in [6.07, 6.45) is 4.37. The summed E-state index contributed by atoms with van der Waals surface area (Å²) >= 11 is 0. The van der Waals surface area contributed by atoms with E-state index in [1.807, 2.05) is 0 Å². The molecule has 0 aliphatic heterocycles. The lowest BCUT2D eigenvalue weighted by molar-refractivity contribution is 0.487. The van der Waals surface area contributed by atoms with Gasteiger partial charge >= 0.3 is 6.01 Å². The highest BCUT2D eigenvalue weighted by Crippen LogP contribution is 2.00. The molecule has 0 spiro atoms. The molecular weight excluding hydrogens is 146 g/mol. The van der Waals surface area contributed by atoms with Crippen LogP contribution in [0.1, 0.15) is 0 Å². The highest BCUT2D eigenvalue weighted by Gasteiger charge is 2.02. The molecule has 56 valence electrons. The molecule has 0 aliphatic rings. The van der Waals surface area contributed by atoms with Crippen LogP contribution in [-0.4, -0.2) is 20.0 Å². The quantitative estimate of drug-likeness (QED) is 0.612. The summed E-state index contributed by atoms with van der Waals surface area (Å²) in [5, 5.41) is 7.56. The topological polar surface area (TPSA) is 82.8 Å². The third kappa shape index (κ3) is 0.936. The maximum atomic E-state index is 5.32. The van der Waals surface area contributed by atoms with Crippen LogP contribution in [0.4, 0.5) is 5.82 Å². The van der Waals surface area contributed by atoms with Crippen molar-refractivity contribution in [1.29, 1.82) is 0 Å². The van der Waals surface area contributed by atoms with Crippen molar-refractivity contribution < 1.29 is 4.42 Å². The van der Waals surface area contributed by atoms with E-state index in [1.54, 1.807) is 0 Å². The molecule has 0 aliphatic carbocycles. The van der Waals surface area contributed by atoms with Gasteiger partial charge in [-0.2, -0.15) is 10.1 Å². The van der Waals surface area contributed by atoms with Gasteiger partial charge < -0.3 is 10.2 Å². The lowest BCUT2D eigenvalue weighted by Gasteiger charge is -1.87. The van der Waals surface area contributed by atoms with Crippen LogP contribution in [0.2, 0.25) is 0 Å². The summed E-state index contributed by atoms with van der Waals surface area (Å²) in [5.74, 6) is 0.336. The van der Waals surface area contributed by atoms with E-state index in [4.69, 9.17) is 10.2 Å². The second kappa shape index (κ2) is 2.08. The highest BCUT2D eigenvalue weighted by molar-refractivity contribution is 5.21. The van der Waals surface area contributed by atoms with Crippen LogP contribution in [0.25, 0.3) is 6.01 Å². The third-order valence-corrected chi connectivity index (χ3v) is 1.10. The van der Waals surface area contributed by atoms with Crippen molar-refractivity contribution in [3.63, 3.8) is 0 Å². The summed E-state index contributed by atoms with van der Waals surface area (Å²) in [6.45, 7) is 0. The minimum absolute atomic E-state index is 0.307. The van der Waals surface area contributed by atoms with Crippen molar-refractivity contribution in [2.24, 2.45) is 0 Å². The van der Waals surface area contributed by atoms with E-state index in [2.05, 4.69) is 15.2 Å². The van der Waals surface area contributed by atoms with Gasteiger partial charge in [0.05, 0.1) is 12.4 Å². The summed E-state index contributed by atoms with van der Waals surface area (Å²) in [5.41, 5.74) is 5.32. The smallest absolute Gasteiger partial charge is 0.340 e. The van der Waals surface area contributed by atoms with Crippen LogP contribution in [-0.2, 0) is 0 Å². The molecule has 2 N–H and O–H groups in total. The highest BCUT2D eigenvalue weighted by atomic mass is 16.4. The van der Waals surface area contributed by atoms with Crippen molar-refractivity contribution in [2.45, 2.75) is 0 Å². The van der Waals surface area contributed by atoms with Crippen LogP contribution in [0.3, 0.4) is 0 Å². The first-order valence-corrected chi connectivity index (χ1v) is 2.94. The fourth-order valence-electron chi connectivity index (χ4n) is 0.682. The number of hydrogen-bond donors (Lipinski definition) is 1. The Kier molecular flexibility index (Phi) is 1.12. The normalized spacial score (nSPS) is 10.2. The van der Waals surface area contributed by atoms with Crippen molar-refractivity contribution >= 4 is 5.82 Å². The maximum absolute atomic E-state index is 5.32. The predicted molar refractivity (Wildman–Crippen MR) is 35.8 cm³/mol. The van der Waals surface area contributed by atoms with Gasteiger partial charge in [-0.1, -0.05) is 4.80 Å². The molecule has 0 amide bonds. The van der Waals surface area contributed by atoms with Crippen LogP contribution in [0.15, 0.2) is 23.1 Å². The Morgan fingerprint density at radius 2 is 2.45 bits per heavy atom. The predicted octanol–water partition coefficient (Wildman–Crippen LogP) is -0.163. The zero-order valence-corrected chi connectivity index (χ0v) is 5.51. The number of hydrogen-bond acceptors (Lipinski definition) is 5. The second-order valence-electron chi connectivity index (χ2n) is 1.87. The van der Waals surface area contributed by atoms with Crippen LogP contribution in [0.5, 0.6) is 0 Å². The molecule has 2 heterocycles. The molecule has 2 aromatic rings. The first-order chi connectivity index (χ1) is 5.36. The summed E-state index contributed by atoms with van der Waals surface area (Å²) in [7, 11) is 0. The molecule has 0 fully saturated rings. The Balaban J connectivity index is 2.45. The molecule has 0 aromatic carbocycles. The van der Waals surface area contributed by atoms with E-state index in [0.29, 0.717) is 11.8 Å². The Hall–Kier alpha value is -1.85. The summed E-state index contributed by atoms with van der Waals surface area (Å²) < 4.78 is 4.90. The second-order valence-corrected chi connectivity index (χ2v) is 1.87.